The first-order valence-electron chi connectivity index (χ1n) is 7.62. The van der Waals surface area contributed by atoms with Crippen molar-refractivity contribution >= 4 is 11.6 Å². The van der Waals surface area contributed by atoms with Gasteiger partial charge >= 0.3 is 0 Å². The maximum absolute atomic E-state index is 12.6. The van der Waals surface area contributed by atoms with Crippen molar-refractivity contribution in [3.8, 4) is 0 Å². The number of nitro groups is 1. The molecule has 0 N–H and O–H groups in total. The molecule has 5 heteroatoms. The monoisotopic (exact) mass is 310 g/mol. The number of benzene rings is 2. The SMILES string of the molecule is CC(C)N1C(=O)[C@@H](c2ccccc2)[C@H]1c1ccc([N+](=O)[O-])cc1. The smallest absolute Gasteiger partial charge is 0.269 e. The summed E-state index contributed by atoms with van der Waals surface area (Å²) in [6.45, 7) is 3.97. The lowest BCUT2D eigenvalue weighted by molar-refractivity contribution is -0.384. The Morgan fingerprint density at radius 3 is 2.13 bits per heavy atom. The molecule has 1 aliphatic heterocycles. The van der Waals surface area contributed by atoms with Crippen molar-refractivity contribution in [2.75, 3.05) is 0 Å². The minimum atomic E-state index is -0.412. The highest BCUT2D eigenvalue weighted by atomic mass is 16.6. The molecule has 0 spiro atoms. The molecule has 2 aromatic rings. The predicted molar refractivity (Wildman–Crippen MR) is 87.0 cm³/mol. The second-order valence-electron chi connectivity index (χ2n) is 6.02. The molecule has 0 bridgehead atoms. The van der Waals surface area contributed by atoms with Crippen LogP contribution in [0.4, 0.5) is 5.69 Å². The minimum absolute atomic E-state index is 0.0618. The molecule has 23 heavy (non-hydrogen) atoms. The highest BCUT2D eigenvalue weighted by Gasteiger charge is 2.49. The summed E-state index contributed by atoms with van der Waals surface area (Å²) in [6, 6.07) is 16.2. The van der Waals surface area contributed by atoms with Crippen molar-refractivity contribution < 1.29 is 9.72 Å². The summed E-state index contributed by atoms with van der Waals surface area (Å²) in [5.74, 6) is -0.116. The van der Waals surface area contributed by atoms with E-state index in [1.807, 2.05) is 49.1 Å². The molecule has 0 aromatic heterocycles. The van der Waals surface area contributed by atoms with Gasteiger partial charge in [0.2, 0.25) is 5.91 Å². The molecule has 3 rings (SSSR count). The molecule has 118 valence electrons. The van der Waals surface area contributed by atoms with Gasteiger partial charge in [0, 0.05) is 18.2 Å². The average Bonchev–Trinajstić information content (AvgIpc) is 2.53. The number of amides is 1. The first kappa shape index (κ1) is 15.2. The van der Waals surface area contributed by atoms with Gasteiger partial charge in [0.25, 0.3) is 5.69 Å². The second-order valence-corrected chi connectivity index (χ2v) is 6.02. The van der Waals surface area contributed by atoms with Crippen LogP contribution in [0.15, 0.2) is 54.6 Å². The molecule has 1 aliphatic rings. The third-order valence-corrected chi connectivity index (χ3v) is 4.30. The van der Waals surface area contributed by atoms with Crippen LogP contribution in [0.1, 0.15) is 36.9 Å². The second kappa shape index (κ2) is 5.83. The molecule has 1 heterocycles. The number of β-lactam (4-membered cyclic amide) rings is 1. The van der Waals surface area contributed by atoms with E-state index < -0.39 is 4.92 Å². The van der Waals surface area contributed by atoms with Crippen molar-refractivity contribution in [2.45, 2.75) is 31.8 Å². The van der Waals surface area contributed by atoms with Crippen LogP contribution in [-0.2, 0) is 4.79 Å². The number of rotatable bonds is 4. The van der Waals surface area contributed by atoms with Gasteiger partial charge in [-0.15, -0.1) is 0 Å². The maximum atomic E-state index is 12.6. The van der Waals surface area contributed by atoms with Crippen molar-refractivity contribution in [3.05, 3.63) is 75.8 Å². The summed E-state index contributed by atoms with van der Waals surface area (Å²) in [4.78, 5) is 24.8. The van der Waals surface area contributed by atoms with Gasteiger partial charge in [0.05, 0.1) is 16.9 Å². The Balaban J connectivity index is 1.98. The normalized spacial score (nSPS) is 20.5. The number of carbonyl (C=O) groups excluding carboxylic acids is 1. The fourth-order valence-electron chi connectivity index (χ4n) is 3.22. The van der Waals surface area contributed by atoms with Crippen LogP contribution in [0.2, 0.25) is 0 Å². The number of carbonyl (C=O) groups is 1. The largest absolute Gasteiger partial charge is 0.331 e. The van der Waals surface area contributed by atoms with Crippen LogP contribution in [0.25, 0.3) is 0 Å². The van der Waals surface area contributed by atoms with E-state index in [1.54, 1.807) is 12.1 Å². The van der Waals surface area contributed by atoms with Crippen molar-refractivity contribution in [1.29, 1.82) is 0 Å². The molecular weight excluding hydrogens is 292 g/mol. The Labute approximate surface area is 134 Å². The summed E-state index contributed by atoms with van der Waals surface area (Å²) in [5.41, 5.74) is 1.97. The van der Waals surface area contributed by atoms with Gasteiger partial charge < -0.3 is 4.90 Å². The Bertz CT molecular complexity index is 726. The zero-order valence-corrected chi connectivity index (χ0v) is 13.0. The number of likely N-dealkylation sites (tertiary alicyclic amines) is 1. The summed E-state index contributed by atoms with van der Waals surface area (Å²) in [6.07, 6.45) is 0. The minimum Gasteiger partial charge on any atom is -0.331 e. The Hall–Kier alpha value is -2.69. The first-order valence-corrected chi connectivity index (χ1v) is 7.62. The zero-order valence-electron chi connectivity index (χ0n) is 13.0. The Morgan fingerprint density at radius 1 is 1.00 bits per heavy atom. The molecule has 1 fully saturated rings. The van der Waals surface area contributed by atoms with Gasteiger partial charge in [-0.3, -0.25) is 14.9 Å². The highest BCUT2D eigenvalue weighted by Crippen LogP contribution is 2.47. The summed E-state index contributed by atoms with van der Waals surface area (Å²) in [5, 5.41) is 10.8. The van der Waals surface area contributed by atoms with E-state index in [4.69, 9.17) is 0 Å². The molecule has 1 amide bonds. The number of hydrogen-bond donors (Lipinski definition) is 0. The summed E-state index contributed by atoms with van der Waals surface area (Å²) in [7, 11) is 0. The third-order valence-electron chi connectivity index (χ3n) is 4.30. The third kappa shape index (κ3) is 2.59. The fourth-order valence-corrected chi connectivity index (χ4v) is 3.22. The predicted octanol–water partition coefficient (Wildman–Crippen LogP) is 3.67. The number of nitro benzene ring substituents is 1. The molecule has 0 unspecified atom stereocenters. The molecule has 0 saturated carbocycles. The molecule has 2 aromatic carbocycles. The summed E-state index contributed by atoms with van der Waals surface area (Å²) >= 11 is 0. The Morgan fingerprint density at radius 2 is 1.61 bits per heavy atom. The van der Waals surface area contributed by atoms with Crippen LogP contribution in [0.3, 0.4) is 0 Å². The van der Waals surface area contributed by atoms with Crippen molar-refractivity contribution in [2.24, 2.45) is 0 Å². The van der Waals surface area contributed by atoms with Gasteiger partial charge in [-0.25, -0.2) is 0 Å². The molecule has 5 nitrogen and oxygen atoms in total. The van der Waals surface area contributed by atoms with Gasteiger partial charge in [0.1, 0.15) is 0 Å². The van der Waals surface area contributed by atoms with Crippen molar-refractivity contribution in [1.82, 2.24) is 4.90 Å². The van der Waals surface area contributed by atoms with E-state index in [0.717, 1.165) is 11.1 Å². The quantitative estimate of drug-likeness (QED) is 0.492. The van der Waals surface area contributed by atoms with Crippen LogP contribution >= 0.6 is 0 Å². The summed E-state index contributed by atoms with van der Waals surface area (Å²) < 4.78 is 0. The molecule has 0 radical (unpaired) electrons. The topological polar surface area (TPSA) is 63.5 Å². The molecule has 0 aliphatic carbocycles. The standard InChI is InChI=1S/C18H18N2O3/c1-12(2)19-17(14-8-10-15(11-9-14)20(22)23)16(18(19)21)13-6-4-3-5-7-13/h3-12,16-17H,1-2H3/t16-,17+/m0/s1. The lowest BCUT2D eigenvalue weighted by Crippen LogP contribution is -2.56. The lowest BCUT2D eigenvalue weighted by atomic mass is 9.77. The number of hydrogen-bond acceptors (Lipinski definition) is 3. The van der Waals surface area contributed by atoms with Crippen LogP contribution < -0.4 is 0 Å². The molecule has 1 saturated heterocycles. The van der Waals surface area contributed by atoms with Crippen LogP contribution in [0.5, 0.6) is 0 Å². The highest BCUT2D eigenvalue weighted by molar-refractivity contribution is 5.91. The fraction of sp³-hybridized carbons (Fsp3) is 0.278. The molecular formula is C18H18N2O3. The number of nitrogens with zero attached hydrogens (tertiary/aromatic N) is 2. The van der Waals surface area contributed by atoms with E-state index in [9.17, 15) is 14.9 Å². The van der Waals surface area contributed by atoms with Crippen LogP contribution in [-0.4, -0.2) is 21.8 Å². The Kier molecular flexibility index (Phi) is 3.86. The van der Waals surface area contributed by atoms with E-state index in [2.05, 4.69) is 0 Å². The van der Waals surface area contributed by atoms with Crippen LogP contribution in [0, 0.1) is 10.1 Å². The van der Waals surface area contributed by atoms with E-state index >= 15 is 0 Å². The van der Waals surface area contributed by atoms with E-state index in [0.29, 0.717) is 0 Å². The van der Waals surface area contributed by atoms with Gasteiger partial charge in [0.15, 0.2) is 0 Å². The average molecular weight is 310 g/mol. The van der Waals surface area contributed by atoms with Gasteiger partial charge in [-0.2, -0.15) is 0 Å². The lowest BCUT2D eigenvalue weighted by Gasteiger charge is -2.50. The van der Waals surface area contributed by atoms with Gasteiger partial charge in [-0.1, -0.05) is 42.5 Å². The molecule has 2 atom stereocenters. The first-order chi connectivity index (χ1) is 11.0. The van der Waals surface area contributed by atoms with E-state index in [1.165, 1.54) is 12.1 Å². The van der Waals surface area contributed by atoms with Crippen molar-refractivity contribution in [3.63, 3.8) is 0 Å². The zero-order chi connectivity index (χ0) is 16.6. The number of non-ortho nitro benzene ring substituents is 1. The maximum Gasteiger partial charge on any atom is 0.269 e. The van der Waals surface area contributed by atoms with Gasteiger partial charge in [-0.05, 0) is 25.0 Å². The van der Waals surface area contributed by atoms with E-state index in [-0.39, 0.29) is 29.6 Å².